The molecule has 0 atom stereocenters. The number of aromatic amines is 1. The number of aliphatic hydroxyl groups excluding tert-OH is 1. The number of hydrogen-bond donors (Lipinski definition) is 2. The van der Waals surface area contributed by atoms with Crippen LogP contribution in [0.25, 0.3) is 11.0 Å². The molecule has 0 aliphatic carbocycles. The van der Waals surface area contributed by atoms with Crippen molar-refractivity contribution in [1.29, 1.82) is 0 Å². The van der Waals surface area contributed by atoms with E-state index in [0.717, 1.165) is 29.3 Å². The molecule has 0 aromatic carbocycles. The summed E-state index contributed by atoms with van der Waals surface area (Å²) in [4.78, 5) is 4.19. The molecule has 0 saturated carbocycles. The Morgan fingerprint density at radius 1 is 1.37 bits per heavy atom. The first-order chi connectivity index (χ1) is 8.99. The van der Waals surface area contributed by atoms with E-state index in [-0.39, 0.29) is 6.61 Å². The van der Waals surface area contributed by atoms with Gasteiger partial charge in [-0.25, -0.2) is 4.98 Å². The van der Waals surface area contributed by atoms with Gasteiger partial charge in [-0.3, -0.25) is 5.10 Å². The van der Waals surface area contributed by atoms with Crippen molar-refractivity contribution in [3.8, 4) is 0 Å². The van der Waals surface area contributed by atoms with Crippen molar-refractivity contribution in [1.82, 2.24) is 15.2 Å². The lowest BCUT2D eigenvalue weighted by molar-refractivity contribution is 0.131. The van der Waals surface area contributed by atoms with Crippen molar-refractivity contribution in [3.63, 3.8) is 0 Å². The van der Waals surface area contributed by atoms with Gasteiger partial charge in [0.2, 0.25) is 0 Å². The second-order valence-electron chi connectivity index (χ2n) is 5.94. The van der Waals surface area contributed by atoms with Gasteiger partial charge in [-0.2, -0.15) is 5.10 Å². The number of ether oxygens (including phenoxy) is 1. The third-order valence-electron chi connectivity index (χ3n) is 2.97. The van der Waals surface area contributed by atoms with E-state index in [2.05, 4.69) is 34.8 Å². The summed E-state index contributed by atoms with van der Waals surface area (Å²) in [5.74, 6) is 0. The van der Waals surface area contributed by atoms with Gasteiger partial charge < -0.3 is 9.84 Å². The van der Waals surface area contributed by atoms with Crippen LogP contribution in [0.15, 0.2) is 12.3 Å². The molecule has 0 fully saturated rings. The largest absolute Gasteiger partial charge is 0.392 e. The topological polar surface area (TPSA) is 71.0 Å². The molecule has 6 heteroatoms. The highest BCUT2D eigenvalue weighted by molar-refractivity contribution is 6.76. The van der Waals surface area contributed by atoms with Crippen molar-refractivity contribution >= 4 is 19.1 Å². The molecule has 2 aromatic rings. The van der Waals surface area contributed by atoms with Crippen LogP contribution >= 0.6 is 0 Å². The summed E-state index contributed by atoms with van der Waals surface area (Å²) in [6, 6.07) is 3.06. The third-order valence-corrected chi connectivity index (χ3v) is 4.67. The molecule has 2 aromatic heterocycles. The van der Waals surface area contributed by atoms with E-state index >= 15 is 0 Å². The molecule has 2 heterocycles. The maximum Gasteiger partial charge on any atom is 0.181 e. The Balaban J connectivity index is 2.00. The van der Waals surface area contributed by atoms with Gasteiger partial charge in [-0.1, -0.05) is 19.6 Å². The first-order valence-corrected chi connectivity index (χ1v) is 10.2. The van der Waals surface area contributed by atoms with Crippen molar-refractivity contribution in [2.45, 2.75) is 38.9 Å². The van der Waals surface area contributed by atoms with E-state index in [0.29, 0.717) is 12.3 Å². The van der Waals surface area contributed by atoms with Gasteiger partial charge >= 0.3 is 0 Å². The first kappa shape index (κ1) is 14.2. The molecule has 104 valence electrons. The van der Waals surface area contributed by atoms with Gasteiger partial charge in [0.05, 0.1) is 18.9 Å². The number of aliphatic hydroxyl groups is 1. The fourth-order valence-corrected chi connectivity index (χ4v) is 2.50. The Hall–Kier alpha value is -1.24. The summed E-state index contributed by atoms with van der Waals surface area (Å²) in [6.07, 6.45) is 1.64. The minimum Gasteiger partial charge on any atom is -0.392 e. The van der Waals surface area contributed by atoms with Crippen molar-refractivity contribution in [3.05, 3.63) is 23.5 Å². The second kappa shape index (κ2) is 5.81. The average molecular weight is 279 g/mol. The lowest BCUT2D eigenvalue weighted by atomic mass is 10.2. The normalized spacial score (nSPS) is 12.2. The van der Waals surface area contributed by atoms with Gasteiger partial charge in [-0.05, 0) is 17.7 Å². The molecule has 0 amide bonds. The highest BCUT2D eigenvalue weighted by atomic mass is 28.3. The Kier molecular flexibility index (Phi) is 4.33. The summed E-state index contributed by atoms with van der Waals surface area (Å²) in [6.45, 7) is 8.28. The van der Waals surface area contributed by atoms with Crippen LogP contribution in [0.1, 0.15) is 11.3 Å². The number of fused-ring (bicyclic) bond motifs is 1. The van der Waals surface area contributed by atoms with E-state index in [1.807, 2.05) is 6.07 Å². The van der Waals surface area contributed by atoms with Crippen LogP contribution in [-0.4, -0.2) is 35.0 Å². The fraction of sp³-hybridized carbons (Fsp3) is 0.538. The number of hydrogen-bond acceptors (Lipinski definition) is 4. The quantitative estimate of drug-likeness (QED) is 0.629. The zero-order valence-electron chi connectivity index (χ0n) is 11.7. The molecule has 0 aliphatic rings. The smallest absolute Gasteiger partial charge is 0.181 e. The second-order valence-corrected chi connectivity index (χ2v) is 11.6. The summed E-state index contributed by atoms with van der Waals surface area (Å²) < 4.78 is 5.71. The minimum atomic E-state index is -1.04. The fourth-order valence-electron chi connectivity index (χ4n) is 1.74. The Bertz CT molecular complexity index is 548. The number of rotatable bonds is 6. The number of pyridine rings is 1. The number of nitrogens with zero attached hydrogens (tertiary/aromatic N) is 2. The molecule has 0 unspecified atom stereocenters. The van der Waals surface area contributed by atoms with E-state index in [9.17, 15) is 0 Å². The Morgan fingerprint density at radius 2 is 2.16 bits per heavy atom. The van der Waals surface area contributed by atoms with E-state index < -0.39 is 8.07 Å². The molecule has 5 nitrogen and oxygen atoms in total. The van der Waals surface area contributed by atoms with Crippen LogP contribution in [0, 0.1) is 0 Å². The summed E-state index contributed by atoms with van der Waals surface area (Å²) in [7, 11) is -1.04. The van der Waals surface area contributed by atoms with Crippen LogP contribution in [0.4, 0.5) is 0 Å². The molecule has 2 N–H and O–H groups in total. The maximum atomic E-state index is 9.13. The van der Waals surface area contributed by atoms with Crippen LogP contribution in [-0.2, 0) is 18.0 Å². The minimum absolute atomic E-state index is 0.00988. The van der Waals surface area contributed by atoms with Gasteiger partial charge in [-0.15, -0.1) is 0 Å². The van der Waals surface area contributed by atoms with Crippen LogP contribution in [0.3, 0.4) is 0 Å². The molecular weight excluding hydrogens is 258 g/mol. The lowest BCUT2D eigenvalue weighted by Gasteiger charge is -2.15. The zero-order valence-corrected chi connectivity index (χ0v) is 12.7. The van der Waals surface area contributed by atoms with E-state index in [4.69, 9.17) is 9.84 Å². The van der Waals surface area contributed by atoms with Gasteiger partial charge in [0.1, 0.15) is 0 Å². The molecular formula is C13H21N3O2Si. The molecule has 0 aliphatic heterocycles. The van der Waals surface area contributed by atoms with E-state index in [1.165, 1.54) is 0 Å². The number of nitrogens with one attached hydrogen (secondary N) is 1. The van der Waals surface area contributed by atoms with Crippen LogP contribution in [0.2, 0.25) is 25.7 Å². The predicted octanol–water partition coefficient (Wildman–Crippen LogP) is 2.30. The van der Waals surface area contributed by atoms with Crippen LogP contribution < -0.4 is 0 Å². The SMILES string of the molecule is C[Si](C)(C)CCOCc1[nH]nc2ncc(CO)cc12. The summed E-state index contributed by atoms with van der Waals surface area (Å²) in [5, 5.41) is 17.1. The molecule has 0 spiro atoms. The zero-order chi connectivity index (χ0) is 13.9. The van der Waals surface area contributed by atoms with Gasteiger partial charge in [0.15, 0.2) is 5.65 Å². The van der Waals surface area contributed by atoms with Crippen molar-refractivity contribution in [2.24, 2.45) is 0 Å². The predicted molar refractivity (Wildman–Crippen MR) is 77.6 cm³/mol. The maximum absolute atomic E-state index is 9.13. The van der Waals surface area contributed by atoms with Crippen LogP contribution in [0.5, 0.6) is 0 Å². The summed E-state index contributed by atoms with van der Waals surface area (Å²) in [5.41, 5.74) is 2.38. The molecule has 2 rings (SSSR count). The number of aromatic nitrogens is 3. The standard InChI is InChI=1S/C13H21N3O2Si/c1-19(2,3)5-4-18-9-12-11-6-10(8-17)7-14-13(11)16-15-12/h6-7,17H,4-5,8-9H2,1-3H3,(H,14,15,16). The highest BCUT2D eigenvalue weighted by Gasteiger charge is 2.13. The van der Waals surface area contributed by atoms with Gasteiger partial charge in [0, 0.05) is 26.3 Å². The first-order valence-electron chi connectivity index (χ1n) is 6.50. The van der Waals surface area contributed by atoms with Crippen molar-refractivity contribution < 1.29 is 9.84 Å². The average Bonchev–Trinajstić information content (AvgIpc) is 2.76. The van der Waals surface area contributed by atoms with E-state index in [1.54, 1.807) is 6.20 Å². The Labute approximate surface area is 114 Å². The third kappa shape index (κ3) is 3.86. The monoisotopic (exact) mass is 279 g/mol. The summed E-state index contributed by atoms with van der Waals surface area (Å²) >= 11 is 0. The van der Waals surface area contributed by atoms with Crippen molar-refractivity contribution in [2.75, 3.05) is 6.61 Å². The number of H-pyrrole nitrogens is 1. The molecule has 0 saturated heterocycles. The molecule has 0 bridgehead atoms. The lowest BCUT2D eigenvalue weighted by Crippen LogP contribution is -2.21. The Morgan fingerprint density at radius 3 is 2.84 bits per heavy atom. The highest BCUT2D eigenvalue weighted by Crippen LogP contribution is 2.17. The molecule has 0 radical (unpaired) electrons. The van der Waals surface area contributed by atoms with Gasteiger partial charge in [0.25, 0.3) is 0 Å². The molecule has 19 heavy (non-hydrogen) atoms.